The van der Waals surface area contributed by atoms with Gasteiger partial charge in [0.1, 0.15) is 0 Å². The smallest absolute Gasteiger partial charge is 0.270 e. The third-order valence-electron chi connectivity index (χ3n) is 3.39. The van der Waals surface area contributed by atoms with E-state index in [4.69, 9.17) is 0 Å². The lowest BCUT2D eigenvalue weighted by Gasteiger charge is -2.18. The number of nitro benzene ring substituents is 1. The van der Waals surface area contributed by atoms with Crippen LogP contribution in [0, 0.1) is 24.0 Å². The van der Waals surface area contributed by atoms with E-state index in [0.29, 0.717) is 11.1 Å². The van der Waals surface area contributed by atoms with Crippen molar-refractivity contribution >= 4 is 17.3 Å². The number of hydrogen-bond acceptors (Lipinski definition) is 3. The van der Waals surface area contributed by atoms with Gasteiger partial charge in [0.05, 0.1) is 4.92 Å². The van der Waals surface area contributed by atoms with E-state index in [1.54, 1.807) is 20.0 Å². The Bertz CT molecular complexity index is 693. The van der Waals surface area contributed by atoms with E-state index in [1.165, 1.54) is 17.0 Å². The summed E-state index contributed by atoms with van der Waals surface area (Å²) in [5.41, 5.74) is 2.82. The molecule has 0 saturated heterocycles. The van der Waals surface area contributed by atoms with Crippen LogP contribution < -0.4 is 4.90 Å². The first-order chi connectivity index (χ1) is 9.90. The Morgan fingerprint density at radius 1 is 1.10 bits per heavy atom. The minimum atomic E-state index is -0.498. The first-order valence-corrected chi connectivity index (χ1v) is 6.50. The molecule has 0 saturated carbocycles. The average Bonchev–Trinajstić information content (AvgIpc) is 2.47. The molecule has 2 aromatic rings. The van der Waals surface area contributed by atoms with Crippen molar-refractivity contribution in [1.29, 1.82) is 0 Å². The molecule has 108 valence electrons. The highest BCUT2D eigenvalue weighted by Gasteiger charge is 2.18. The summed E-state index contributed by atoms with van der Waals surface area (Å²) < 4.78 is 0. The fraction of sp³-hybridized carbons (Fsp3) is 0.188. The molecule has 0 atom stereocenters. The molecule has 5 heteroatoms. The molecule has 0 aliphatic carbocycles. The Labute approximate surface area is 123 Å². The summed E-state index contributed by atoms with van der Waals surface area (Å²) >= 11 is 0. The van der Waals surface area contributed by atoms with Crippen molar-refractivity contribution in [2.75, 3.05) is 11.9 Å². The van der Waals surface area contributed by atoms with E-state index < -0.39 is 4.92 Å². The van der Waals surface area contributed by atoms with Gasteiger partial charge >= 0.3 is 0 Å². The number of rotatable bonds is 3. The van der Waals surface area contributed by atoms with Gasteiger partial charge in [0.15, 0.2) is 0 Å². The van der Waals surface area contributed by atoms with Gasteiger partial charge in [-0.2, -0.15) is 0 Å². The maximum atomic E-state index is 12.5. The lowest BCUT2D eigenvalue weighted by Crippen LogP contribution is -2.27. The van der Waals surface area contributed by atoms with Crippen LogP contribution in [0.2, 0.25) is 0 Å². The third kappa shape index (κ3) is 3.08. The lowest BCUT2D eigenvalue weighted by atomic mass is 10.1. The van der Waals surface area contributed by atoms with Crippen molar-refractivity contribution in [1.82, 2.24) is 0 Å². The lowest BCUT2D eigenvalue weighted by molar-refractivity contribution is -0.384. The maximum Gasteiger partial charge on any atom is 0.270 e. The van der Waals surface area contributed by atoms with E-state index in [2.05, 4.69) is 0 Å². The second-order valence-corrected chi connectivity index (χ2v) is 4.96. The van der Waals surface area contributed by atoms with Gasteiger partial charge in [-0.05, 0) is 31.5 Å². The van der Waals surface area contributed by atoms with Crippen molar-refractivity contribution in [2.45, 2.75) is 13.8 Å². The third-order valence-corrected chi connectivity index (χ3v) is 3.39. The fourth-order valence-corrected chi connectivity index (χ4v) is 2.02. The minimum absolute atomic E-state index is 0.0822. The normalized spacial score (nSPS) is 10.2. The van der Waals surface area contributed by atoms with Crippen LogP contribution in [-0.2, 0) is 0 Å². The topological polar surface area (TPSA) is 63.5 Å². The Balaban J connectivity index is 2.37. The molecular weight excluding hydrogens is 268 g/mol. The van der Waals surface area contributed by atoms with Gasteiger partial charge in [-0.1, -0.05) is 23.8 Å². The summed E-state index contributed by atoms with van der Waals surface area (Å²) in [6, 6.07) is 11.8. The summed E-state index contributed by atoms with van der Waals surface area (Å²) in [5.74, 6) is -0.264. The van der Waals surface area contributed by atoms with Crippen LogP contribution in [0.5, 0.6) is 0 Å². The molecule has 0 aliphatic rings. The van der Waals surface area contributed by atoms with Crippen LogP contribution in [0.25, 0.3) is 0 Å². The Morgan fingerprint density at radius 2 is 1.71 bits per heavy atom. The Morgan fingerprint density at radius 3 is 2.29 bits per heavy atom. The molecule has 0 fully saturated rings. The number of nitro groups is 1. The van der Waals surface area contributed by atoms with Gasteiger partial charge in [-0.25, -0.2) is 0 Å². The number of nitrogens with zero attached hydrogens (tertiary/aromatic N) is 2. The highest BCUT2D eigenvalue weighted by molar-refractivity contribution is 6.07. The van der Waals surface area contributed by atoms with Crippen LogP contribution >= 0.6 is 0 Å². The van der Waals surface area contributed by atoms with Gasteiger partial charge in [0, 0.05) is 30.4 Å². The second kappa shape index (κ2) is 5.75. The number of amides is 1. The minimum Gasteiger partial charge on any atom is -0.311 e. The van der Waals surface area contributed by atoms with Crippen LogP contribution in [-0.4, -0.2) is 17.9 Å². The number of benzene rings is 2. The highest BCUT2D eigenvalue weighted by atomic mass is 16.6. The highest BCUT2D eigenvalue weighted by Crippen LogP contribution is 2.21. The first kappa shape index (κ1) is 14.7. The van der Waals surface area contributed by atoms with E-state index >= 15 is 0 Å². The summed E-state index contributed by atoms with van der Waals surface area (Å²) in [7, 11) is 1.66. The number of carbonyl (C=O) groups excluding carboxylic acids is 1. The summed E-state index contributed by atoms with van der Waals surface area (Å²) in [5, 5.41) is 10.8. The molecule has 2 aromatic carbocycles. The number of anilines is 1. The predicted molar refractivity (Wildman–Crippen MR) is 81.7 cm³/mol. The fourth-order valence-electron chi connectivity index (χ4n) is 2.02. The van der Waals surface area contributed by atoms with Crippen LogP contribution in [0.4, 0.5) is 11.4 Å². The van der Waals surface area contributed by atoms with Crippen LogP contribution in [0.3, 0.4) is 0 Å². The molecule has 0 heterocycles. The van der Waals surface area contributed by atoms with Crippen molar-refractivity contribution in [3.8, 4) is 0 Å². The van der Waals surface area contributed by atoms with E-state index in [9.17, 15) is 14.9 Å². The van der Waals surface area contributed by atoms with Crippen LogP contribution in [0.1, 0.15) is 21.5 Å². The monoisotopic (exact) mass is 284 g/mol. The van der Waals surface area contributed by atoms with Crippen LogP contribution in [0.15, 0.2) is 42.5 Å². The number of aryl methyl sites for hydroxylation is 2. The molecule has 1 amide bonds. The molecule has 0 bridgehead atoms. The van der Waals surface area contributed by atoms with Gasteiger partial charge in [-0.3, -0.25) is 14.9 Å². The molecule has 0 aromatic heterocycles. The molecule has 0 radical (unpaired) electrons. The molecular formula is C16H16N2O3. The SMILES string of the molecule is Cc1ccc(N(C)C(=O)c2cc([N+](=O)[O-])ccc2C)cc1. The largest absolute Gasteiger partial charge is 0.311 e. The number of carbonyl (C=O) groups is 1. The van der Waals surface area contributed by atoms with Gasteiger partial charge in [0.2, 0.25) is 0 Å². The molecule has 0 spiro atoms. The van der Waals surface area contributed by atoms with Gasteiger partial charge in [0.25, 0.3) is 11.6 Å². The zero-order chi connectivity index (χ0) is 15.6. The number of non-ortho nitro benzene ring substituents is 1. The zero-order valence-electron chi connectivity index (χ0n) is 12.2. The van der Waals surface area contributed by atoms with Crippen molar-refractivity contribution in [2.24, 2.45) is 0 Å². The molecule has 0 aliphatic heterocycles. The molecule has 0 unspecified atom stereocenters. The average molecular weight is 284 g/mol. The van der Waals surface area contributed by atoms with Crippen molar-refractivity contribution in [3.05, 3.63) is 69.3 Å². The van der Waals surface area contributed by atoms with Crippen molar-refractivity contribution in [3.63, 3.8) is 0 Å². The first-order valence-electron chi connectivity index (χ1n) is 6.50. The van der Waals surface area contributed by atoms with E-state index in [0.717, 1.165) is 11.3 Å². The Kier molecular flexibility index (Phi) is 4.03. The molecule has 5 nitrogen and oxygen atoms in total. The van der Waals surface area contributed by atoms with Gasteiger partial charge in [-0.15, -0.1) is 0 Å². The summed E-state index contributed by atoms with van der Waals surface area (Å²) in [6.07, 6.45) is 0. The second-order valence-electron chi connectivity index (χ2n) is 4.96. The molecule has 2 rings (SSSR count). The standard InChI is InChI=1S/C16H16N2O3/c1-11-4-7-13(8-5-11)17(3)16(19)15-10-14(18(20)21)9-6-12(15)2/h4-10H,1-3H3. The molecule has 21 heavy (non-hydrogen) atoms. The van der Waals surface area contributed by atoms with E-state index in [-0.39, 0.29) is 11.6 Å². The van der Waals surface area contributed by atoms with E-state index in [1.807, 2.05) is 31.2 Å². The Hall–Kier alpha value is -2.69. The zero-order valence-corrected chi connectivity index (χ0v) is 12.2. The van der Waals surface area contributed by atoms with Crippen molar-refractivity contribution < 1.29 is 9.72 Å². The summed E-state index contributed by atoms with van der Waals surface area (Å²) in [4.78, 5) is 24.4. The summed E-state index contributed by atoms with van der Waals surface area (Å²) in [6.45, 7) is 3.73. The molecule has 0 N–H and O–H groups in total. The number of hydrogen-bond donors (Lipinski definition) is 0. The maximum absolute atomic E-state index is 12.5. The predicted octanol–water partition coefficient (Wildman–Crippen LogP) is 3.49. The van der Waals surface area contributed by atoms with Gasteiger partial charge < -0.3 is 4.90 Å². The quantitative estimate of drug-likeness (QED) is 0.640.